The van der Waals surface area contributed by atoms with E-state index in [0.717, 1.165) is 11.3 Å². The Bertz CT molecular complexity index is 485. The van der Waals surface area contributed by atoms with Gasteiger partial charge in [-0.15, -0.1) is 0 Å². The van der Waals surface area contributed by atoms with Crippen molar-refractivity contribution >= 4 is 11.7 Å². The van der Waals surface area contributed by atoms with Crippen LogP contribution in [0, 0.1) is 25.2 Å². The number of nitriles is 1. The highest BCUT2D eigenvalue weighted by atomic mass is 16.5. The SMILES string of the molecule is COCCNC(=O)Cn1c(C)c(C)c(C#N)c1N. The minimum atomic E-state index is -0.152. The first-order valence-corrected chi connectivity index (χ1v) is 5.63. The zero-order chi connectivity index (χ0) is 13.7. The summed E-state index contributed by atoms with van der Waals surface area (Å²) < 4.78 is 6.49. The Hall–Kier alpha value is -2.00. The molecule has 0 saturated heterocycles. The maximum atomic E-state index is 11.7. The topological polar surface area (TPSA) is 93.1 Å². The van der Waals surface area contributed by atoms with Crippen LogP contribution in [0.5, 0.6) is 0 Å². The zero-order valence-corrected chi connectivity index (χ0v) is 10.9. The van der Waals surface area contributed by atoms with Crippen LogP contribution in [0.3, 0.4) is 0 Å². The Balaban J connectivity index is 2.80. The standard InChI is InChI=1S/C12H18N4O2/c1-8-9(2)16(12(14)10(8)6-13)7-11(17)15-4-5-18-3/h4-5,7,14H2,1-3H3,(H,15,17). The molecule has 1 amide bonds. The molecule has 0 aliphatic rings. The van der Waals surface area contributed by atoms with Crippen LogP contribution in [0.2, 0.25) is 0 Å². The van der Waals surface area contributed by atoms with E-state index in [1.807, 2.05) is 13.8 Å². The molecule has 18 heavy (non-hydrogen) atoms. The zero-order valence-electron chi connectivity index (χ0n) is 10.9. The number of nitrogens with zero attached hydrogens (tertiary/aromatic N) is 2. The quantitative estimate of drug-likeness (QED) is 0.736. The Morgan fingerprint density at radius 1 is 1.56 bits per heavy atom. The van der Waals surface area contributed by atoms with Crippen LogP contribution in [0.4, 0.5) is 5.82 Å². The van der Waals surface area contributed by atoms with Crippen LogP contribution in [0.15, 0.2) is 0 Å². The number of carbonyl (C=O) groups excluding carboxylic acids is 1. The van der Waals surface area contributed by atoms with E-state index in [0.29, 0.717) is 24.5 Å². The first-order valence-electron chi connectivity index (χ1n) is 5.63. The molecule has 0 aliphatic heterocycles. The maximum absolute atomic E-state index is 11.7. The van der Waals surface area contributed by atoms with E-state index >= 15 is 0 Å². The normalized spacial score (nSPS) is 10.1. The fourth-order valence-corrected chi connectivity index (χ4v) is 1.73. The van der Waals surface area contributed by atoms with Gasteiger partial charge in [-0.05, 0) is 19.4 Å². The second-order valence-electron chi connectivity index (χ2n) is 4.01. The van der Waals surface area contributed by atoms with Crippen molar-refractivity contribution in [2.75, 3.05) is 26.0 Å². The second-order valence-corrected chi connectivity index (χ2v) is 4.01. The summed E-state index contributed by atoms with van der Waals surface area (Å²) in [6.45, 7) is 4.70. The molecule has 1 aromatic heterocycles. The van der Waals surface area contributed by atoms with Crippen molar-refractivity contribution in [3.63, 3.8) is 0 Å². The number of nitrogen functional groups attached to an aromatic ring is 1. The lowest BCUT2D eigenvalue weighted by atomic mass is 10.2. The molecular formula is C12H18N4O2. The van der Waals surface area contributed by atoms with E-state index in [-0.39, 0.29) is 12.5 Å². The molecular weight excluding hydrogens is 232 g/mol. The van der Waals surface area contributed by atoms with Gasteiger partial charge in [0.1, 0.15) is 18.4 Å². The van der Waals surface area contributed by atoms with Gasteiger partial charge in [0.05, 0.1) is 12.2 Å². The molecule has 98 valence electrons. The van der Waals surface area contributed by atoms with Gasteiger partial charge in [0.25, 0.3) is 0 Å². The summed E-state index contributed by atoms with van der Waals surface area (Å²) in [7, 11) is 1.57. The van der Waals surface area contributed by atoms with Crippen molar-refractivity contribution in [3.8, 4) is 6.07 Å². The molecule has 0 aromatic carbocycles. The lowest BCUT2D eigenvalue weighted by Crippen LogP contribution is -2.31. The van der Waals surface area contributed by atoms with Gasteiger partial charge in [0, 0.05) is 19.3 Å². The summed E-state index contributed by atoms with van der Waals surface area (Å²) in [5, 5.41) is 11.7. The van der Waals surface area contributed by atoms with Gasteiger partial charge < -0.3 is 20.4 Å². The van der Waals surface area contributed by atoms with E-state index in [9.17, 15) is 4.79 Å². The van der Waals surface area contributed by atoms with Gasteiger partial charge in [0.15, 0.2) is 0 Å². The van der Waals surface area contributed by atoms with E-state index < -0.39 is 0 Å². The smallest absolute Gasteiger partial charge is 0.240 e. The van der Waals surface area contributed by atoms with Crippen molar-refractivity contribution in [1.29, 1.82) is 5.26 Å². The van der Waals surface area contributed by atoms with E-state index in [2.05, 4.69) is 11.4 Å². The van der Waals surface area contributed by atoms with Crippen molar-refractivity contribution < 1.29 is 9.53 Å². The van der Waals surface area contributed by atoms with Crippen molar-refractivity contribution in [1.82, 2.24) is 9.88 Å². The molecule has 1 heterocycles. The van der Waals surface area contributed by atoms with Crippen LogP contribution in [0.25, 0.3) is 0 Å². The number of anilines is 1. The molecule has 0 spiro atoms. The highest BCUT2D eigenvalue weighted by Gasteiger charge is 2.16. The Morgan fingerprint density at radius 3 is 2.72 bits per heavy atom. The number of nitrogens with one attached hydrogen (secondary N) is 1. The number of hydrogen-bond acceptors (Lipinski definition) is 4. The van der Waals surface area contributed by atoms with Crippen LogP contribution in [-0.2, 0) is 16.1 Å². The largest absolute Gasteiger partial charge is 0.384 e. The monoisotopic (exact) mass is 250 g/mol. The maximum Gasteiger partial charge on any atom is 0.240 e. The van der Waals surface area contributed by atoms with Crippen molar-refractivity contribution in [2.45, 2.75) is 20.4 Å². The molecule has 0 radical (unpaired) electrons. The minimum absolute atomic E-state index is 0.115. The van der Waals surface area contributed by atoms with Gasteiger partial charge in [0.2, 0.25) is 5.91 Å². The van der Waals surface area contributed by atoms with E-state index in [1.165, 1.54) is 0 Å². The van der Waals surface area contributed by atoms with Crippen molar-refractivity contribution in [3.05, 3.63) is 16.8 Å². The van der Waals surface area contributed by atoms with E-state index in [1.54, 1.807) is 11.7 Å². The number of nitrogens with two attached hydrogens (primary N) is 1. The fraction of sp³-hybridized carbons (Fsp3) is 0.500. The number of methoxy groups -OCH3 is 1. The number of amides is 1. The molecule has 1 rings (SSSR count). The summed E-state index contributed by atoms with van der Waals surface area (Å²) in [6, 6.07) is 2.05. The first-order chi connectivity index (χ1) is 8.52. The molecule has 6 heteroatoms. The number of aromatic nitrogens is 1. The van der Waals surface area contributed by atoms with Gasteiger partial charge in [-0.25, -0.2) is 0 Å². The molecule has 6 nitrogen and oxygen atoms in total. The third kappa shape index (κ3) is 2.81. The molecule has 0 atom stereocenters. The average Bonchev–Trinajstić information content (AvgIpc) is 2.54. The van der Waals surface area contributed by atoms with E-state index in [4.69, 9.17) is 15.7 Å². The lowest BCUT2D eigenvalue weighted by molar-refractivity contribution is -0.121. The molecule has 1 aromatic rings. The Labute approximate surface area is 106 Å². The highest BCUT2D eigenvalue weighted by molar-refractivity contribution is 5.77. The van der Waals surface area contributed by atoms with Gasteiger partial charge in [-0.2, -0.15) is 5.26 Å². The molecule has 0 aliphatic carbocycles. The van der Waals surface area contributed by atoms with Crippen LogP contribution >= 0.6 is 0 Å². The van der Waals surface area contributed by atoms with Crippen LogP contribution in [0.1, 0.15) is 16.8 Å². The highest BCUT2D eigenvalue weighted by Crippen LogP contribution is 2.22. The number of rotatable bonds is 5. The molecule has 3 N–H and O–H groups in total. The predicted molar refractivity (Wildman–Crippen MR) is 67.9 cm³/mol. The summed E-state index contributed by atoms with van der Waals surface area (Å²) in [4.78, 5) is 11.7. The third-order valence-electron chi connectivity index (χ3n) is 2.91. The van der Waals surface area contributed by atoms with Gasteiger partial charge in [-0.3, -0.25) is 4.79 Å². The molecule has 0 unspecified atom stereocenters. The molecule has 0 bridgehead atoms. The molecule has 0 saturated carbocycles. The summed E-state index contributed by atoms with van der Waals surface area (Å²) in [6.07, 6.45) is 0. The minimum Gasteiger partial charge on any atom is -0.384 e. The van der Waals surface area contributed by atoms with Gasteiger partial charge in [-0.1, -0.05) is 0 Å². The third-order valence-corrected chi connectivity index (χ3v) is 2.91. The average molecular weight is 250 g/mol. The fourth-order valence-electron chi connectivity index (χ4n) is 1.73. The summed E-state index contributed by atoms with van der Waals surface area (Å²) in [5.74, 6) is 0.190. The number of hydrogen-bond donors (Lipinski definition) is 2. The summed E-state index contributed by atoms with van der Waals surface area (Å²) in [5.41, 5.74) is 7.95. The van der Waals surface area contributed by atoms with Crippen LogP contribution in [-0.4, -0.2) is 30.7 Å². The predicted octanol–water partition coefficient (Wildman–Crippen LogP) is 0.321. The second kappa shape index (κ2) is 6.07. The number of carbonyl (C=O) groups is 1. The van der Waals surface area contributed by atoms with Gasteiger partial charge >= 0.3 is 0 Å². The van der Waals surface area contributed by atoms with Crippen LogP contribution < -0.4 is 11.1 Å². The Morgan fingerprint density at radius 2 is 2.22 bits per heavy atom. The lowest BCUT2D eigenvalue weighted by Gasteiger charge is -2.09. The number of ether oxygens (including phenoxy) is 1. The molecule has 0 fully saturated rings. The van der Waals surface area contributed by atoms with Crippen molar-refractivity contribution in [2.24, 2.45) is 0 Å². The summed E-state index contributed by atoms with van der Waals surface area (Å²) >= 11 is 0. The Kier molecular flexibility index (Phi) is 4.75. The first kappa shape index (κ1) is 14.1.